The van der Waals surface area contributed by atoms with Crippen LogP contribution in [0.25, 0.3) is 0 Å². The van der Waals surface area contributed by atoms with E-state index in [1.54, 1.807) is 0 Å². The molecule has 0 spiro atoms. The van der Waals surface area contributed by atoms with Gasteiger partial charge in [0.25, 0.3) is 0 Å². The Balaban J connectivity index is 2.44. The highest BCUT2D eigenvalue weighted by Crippen LogP contribution is 2.43. The third-order valence-corrected chi connectivity index (χ3v) is 4.01. The molecule has 0 N–H and O–H groups in total. The van der Waals surface area contributed by atoms with Crippen molar-refractivity contribution in [1.29, 1.82) is 0 Å². The van der Waals surface area contributed by atoms with E-state index in [9.17, 15) is 4.57 Å². The highest BCUT2D eigenvalue weighted by Gasteiger charge is 2.23. The van der Waals surface area contributed by atoms with Gasteiger partial charge in [-0.25, -0.2) is 0 Å². The second-order valence-corrected chi connectivity index (χ2v) is 4.75. The Labute approximate surface area is 60.9 Å². The van der Waals surface area contributed by atoms with Gasteiger partial charge in [0.15, 0.2) is 0 Å². The summed E-state index contributed by atoms with van der Waals surface area (Å²) in [5, 5.41) is 0. The minimum absolute atomic E-state index is 0.241. The Morgan fingerprint density at radius 3 is 1.90 bits per heavy atom. The standard InChI is InChI=1S/C8H9OP/c9-10-7-3-1-2-4-8(10)6-5-7/h1-8,10H. The summed E-state index contributed by atoms with van der Waals surface area (Å²) in [6, 6.07) is 0. The van der Waals surface area contributed by atoms with Gasteiger partial charge in [0.2, 0.25) is 0 Å². The molecule has 2 atom stereocenters. The van der Waals surface area contributed by atoms with Crippen LogP contribution in [0.4, 0.5) is 0 Å². The predicted octanol–water partition coefficient (Wildman–Crippen LogP) is 1.98. The lowest BCUT2D eigenvalue weighted by molar-refractivity contribution is 0.587. The van der Waals surface area contributed by atoms with Crippen LogP contribution in [-0.4, -0.2) is 11.3 Å². The predicted molar refractivity (Wildman–Crippen MR) is 44.0 cm³/mol. The van der Waals surface area contributed by atoms with Crippen LogP contribution in [0.3, 0.4) is 0 Å². The molecular weight excluding hydrogens is 143 g/mol. The van der Waals surface area contributed by atoms with Gasteiger partial charge in [0.1, 0.15) is 0 Å². The summed E-state index contributed by atoms with van der Waals surface area (Å²) in [6.07, 6.45) is 12.1. The largest absolute Gasteiger partial charge is 0.325 e. The fourth-order valence-corrected chi connectivity index (χ4v) is 2.98. The molecule has 2 heterocycles. The van der Waals surface area contributed by atoms with E-state index < -0.39 is 7.80 Å². The molecule has 2 aliphatic heterocycles. The lowest BCUT2D eigenvalue weighted by atomic mass is 10.2. The quantitative estimate of drug-likeness (QED) is 0.383. The van der Waals surface area contributed by atoms with Gasteiger partial charge in [0.05, 0.1) is 7.80 Å². The molecule has 0 aromatic heterocycles. The summed E-state index contributed by atoms with van der Waals surface area (Å²) >= 11 is 0. The Morgan fingerprint density at radius 1 is 0.900 bits per heavy atom. The number of hydrogen-bond acceptors (Lipinski definition) is 1. The normalized spacial score (nSPS) is 42.2. The van der Waals surface area contributed by atoms with Crippen molar-refractivity contribution in [3.63, 3.8) is 0 Å². The van der Waals surface area contributed by atoms with Crippen LogP contribution in [0.1, 0.15) is 0 Å². The molecule has 0 saturated carbocycles. The zero-order chi connectivity index (χ0) is 6.97. The maximum Gasteiger partial charge on any atom is 0.0964 e. The first-order valence-corrected chi connectivity index (χ1v) is 5.01. The van der Waals surface area contributed by atoms with Gasteiger partial charge >= 0.3 is 0 Å². The van der Waals surface area contributed by atoms with E-state index in [4.69, 9.17) is 0 Å². The Bertz CT molecular complexity index is 226. The average Bonchev–Trinajstić information content (AvgIpc) is 2.06. The summed E-state index contributed by atoms with van der Waals surface area (Å²) in [7, 11) is -1.41. The van der Waals surface area contributed by atoms with Crippen molar-refractivity contribution < 1.29 is 4.57 Å². The molecule has 2 rings (SSSR count). The van der Waals surface area contributed by atoms with Crippen molar-refractivity contribution in [1.82, 2.24) is 0 Å². The molecule has 10 heavy (non-hydrogen) atoms. The third kappa shape index (κ3) is 0.819. The maximum absolute atomic E-state index is 11.4. The lowest BCUT2D eigenvalue weighted by Gasteiger charge is -2.00. The molecule has 0 amide bonds. The Morgan fingerprint density at radius 2 is 1.40 bits per heavy atom. The molecule has 0 saturated heterocycles. The van der Waals surface area contributed by atoms with Crippen LogP contribution in [0.15, 0.2) is 36.5 Å². The minimum atomic E-state index is -1.41. The van der Waals surface area contributed by atoms with E-state index >= 15 is 0 Å². The third-order valence-electron chi connectivity index (χ3n) is 1.93. The molecular formula is C8H9OP. The van der Waals surface area contributed by atoms with Gasteiger partial charge < -0.3 is 4.57 Å². The highest BCUT2D eigenvalue weighted by atomic mass is 31.1. The summed E-state index contributed by atoms with van der Waals surface area (Å²) in [4.78, 5) is 0. The first kappa shape index (κ1) is 6.18. The maximum atomic E-state index is 11.4. The molecule has 0 radical (unpaired) electrons. The van der Waals surface area contributed by atoms with Crippen LogP contribution in [0.5, 0.6) is 0 Å². The molecule has 2 bridgehead atoms. The fourth-order valence-electron chi connectivity index (χ4n) is 1.34. The SMILES string of the molecule is O=[PH]1C2C=CC=CC1C=C2. The zero-order valence-corrected chi connectivity index (χ0v) is 6.53. The van der Waals surface area contributed by atoms with Crippen molar-refractivity contribution in [2.75, 3.05) is 0 Å². The highest BCUT2D eigenvalue weighted by molar-refractivity contribution is 7.47. The molecule has 0 fully saturated rings. The van der Waals surface area contributed by atoms with Crippen LogP contribution >= 0.6 is 7.80 Å². The smallest absolute Gasteiger partial charge is 0.0964 e. The van der Waals surface area contributed by atoms with Gasteiger partial charge in [-0.05, 0) is 0 Å². The summed E-state index contributed by atoms with van der Waals surface area (Å²) in [5.41, 5.74) is 0.481. The molecule has 2 unspecified atom stereocenters. The van der Waals surface area contributed by atoms with E-state index in [0.717, 1.165) is 0 Å². The van der Waals surface area contributed by atoms with E-state index in [-0.39, 0.29) is 11.3 Å². The van der Waals surface area contributed by atoms with Crippen LogP contribution in [0.2, 0.25) is 0 Å². The molecule has 0 aromatic rings. The number of allylic oxidation sites excluding steroid dienone is 6. The van der Waals surface area contributed by atoms with Gasteiger partial charge in [-0.2, -0.15) is 0 Å². The van der Waals surface area contributed by atoms with Crippen LogP contribution < -0.4 is 0 Å². The monoisotopic (exact) mass is 152 g/mol. The molecule has 0 aliphatic carbocycles. The van der Waals surface area contributed by atoms with E-state index in [1.807, 2.05) is 36.5 Å². The second kappa shape index (κ2) is 2.25. The first-order chi connectivity index (χ1) is 4.88. The van der Waals surface area contributed by atoms with Gasteiger partial charge in [-0.3, -0.25) is 0 Å². The van der Waals surface area contributed by atoms with Crippen molar-refractivity contribution in [3.8, 4) is 0 Å². The second-order valence-electron chi connectivity index (χ2n) is 2.61. The zero-order valence-electron chi connectivity index (χ0n) is 5.53. The van der Waals surface area contributed by atoms with Crippen molar-refractivity contribution in [2.24, 2.45) is 0 Å². The molecule has 52 valence electrons. The number of fused-ring (bicyclic) bond motifs is 2. The first-order valence-electron chi connectivity index (χ1n) is 3.45. The van der Waals surface area contributed by atoms with Gasteiger partial charge in [-0.15, -0.1) is 0 Å². The van der Waals surface area contributed by atoms with Crippen LogP contribution in [-0.2, 0) is 4.57 Å². The molecule has 2 aliphatic rings. The van der Waals surface area contributed by atoms with Crippen molar-refractivity contribution in [3.05, 3.63) is 36.5 Å². The van der Waals surface area contributed by atoms with E-state index in [1.165, 1.54) is 0 Å². The number of hydrogen-bond donors (Lipinski definition) is 0. The van der Waals surface area contributed by atoms with Gasteiger partial charge in [0, 0.05) is 11.3 Å². The Hall–Kier alpha value is -0.550. The van der Waals surface area contributed by atoms with E-state index in [0.29, 0.717) is 0 Å². The summed E-state index contributed by atoms with van der Waals surface area (Å²) in [6.45, 7) is 0. The summed E-state index contributed by atoms with van der Waals surface area (Å²) in [5.74, 6) is 0. The van der Waals surface area contributed by atoms with Crippen molar-refractivity contribution in [2.45, 2.75) is 11.3 Å². The molecule has 1 nitrogen and oxygen atoms in total. The van der Waals surface area contributed by atoms with Crippen molar-refractivity contribution >= 4 is 7.80 Å². The molecule has 2 heteroatoms. The minimum Gasteiger partial charge on any atom is -0.325 e. The molecule has 0 aromatic carbocycles. The lowest BCUT2D eigenvalue weighted by Crippen LogP contribution is -1.90. The fraction of sp³-hybridized carbons (Fsp3) is 0.250. The van der Waals surface area contributed by atoms with Gasteiger partial charge in [-0.1, -0.05) is 36.5 Å². The Kier molecular flexibility index (Phi) is 1.39. The van der Waals surface area contributed by atoms with E-state index in [2.05, 4.69) is 0 Å². The van der Waals surface area contributed by atoms with Crippen LogP contribution in [0, 0.1) is 0 Å². The number of rotatable bonds is 0. The average molecular weight is 152 g/mol. The topological polar surface area (TPSA) is 17.1 Å². The summed E-state index contributed by atoms with van der Waals surface area (Å²) < 4.78 is 11.4.